The molecule has 0 unspecified atom stereocenters. The van der Waals surface area contributed by atoms with Crippen molar-refractivity contribution in [1.29, 1.82) is 5.26 Å². The Morgan fingerprint density at radius 3 is 2.86 bits per heavy atom. The van der Waals surface area contributed by atoms with Crippen LogP contribution in [0.25, 0.3) is 10.8 Å². The number of carbonyl (C=O) groups excluding carboxylic acids is 1. The van der Waals surface area contributed by atoms with Gasteiger partial charge in [0.05, 0.1) is 12.5 Å². The Kier molecular flexibility index (Phi) is 4.72. The van der Waals surface area contributed by atoms with Crippen LogP contribution in [-0.2, 0) is 11.3 Å². The molecule has 0 aliphatic carbocycles. The molecule has 5 heteroatoms. The van der Waals surface area contributed by atoms with Crippen LogP contribution >= 0.6 is 0 Å². The summed E-state index contributed by atoms with van der Waals surface area (Å²) >= 11 is 0. The van der Waals surface area contributed by atoms with E-state index in [9.17, 15) is 9.59 Å². The number of pyridine rings is 1. The lowest BCUT2D eigenvalue weighted by molar-refractivity contribution is -0.130. The maximum atomic E-state index is 12.3. The fraction of sp³-hybridized carbons (Fsp3) is 0.312. The van der Waals surface area contributed by atoms with Crippen molar-refractivity contribution >= 4 is 16.7 Å². The second-order valence-electron chi connectivity index (χ2n) is 4.87. The van der Waals surface area contributed by atoms with Gasteiger partial charge in [0.1, 0.15) is 0 Å². The highest BCUT2D eigenvalue weighted by molar-refractivity contribution is 5.81. The standard InChI is InChI=1S/C16H17N3O2/c1-18(10-4-9-17)15(20)8-12-19-11-7-13-5-2-3-6-14(13)16(19)21/h2-3,5-7,11H,4,8,10,12H2,1H3. The topological polar surface area (TPSA) is 66.1 Å². The fourth-order valence-corrected chi connectivity index (χ4v) is 2.16. The molecule has 1 heterocycles. The van der Waals surface area contributed by atoms with Gasteiger partial charge in [-0.1, -0.05) is 18.2 Å². The quantitative estimate of drug-likeness (QED) is 0.840. The Morgan fingerprint density at radius 1 is 1.33 bits per heavy atom. The Hall–Kier alpha value is -2.61. The van der Waals surface area contributed by atoms with Crippen molar-refractivity contribution in [3.8, 4) is 6.07 Å². The molecule has 0 N–H and O–H groups in total. The van der Waals surface area contributed by atoms with E-state index < -0.39 is 0 Å². The number of rotatable bonds is 5. The Balaban J connectivity index is 2.07. The number of aryl methyl sites for hydroxylation is 1. The summed E-state index contributed by atoms with van der Waals surface area (Å²) in [4.78, 5) is 25.7. The summed E-state index contributed by atoms with van der Waals surface area (Å²) < 4.78 is 1.55. The zero-order valence-electron chi connectivity index (χ0n) is 12.0. The number of hydrogen-bond acceptors (Lipinski definition) is 3. The number of amides is 1. The molecule has 1 amide bonds. The van der Waals surface area contributed by atoms with Gasteiger partial charge >= 0.3 is 0 Å². The minimum absolute atomic E-state index is 0.0645. The predicted octanol–water partition coefficient (Wildman–Crippen LogP) is 1.76. The average molecular weight is 283 g/mol. The van der Waals surface area contributed by atoms with E-state index in [1.807, 2.05) is 30.3 Å². The van der Waals surface area contributed by atoms with Crippen LogP contribution in [-0.4, -0.2) is 29.0 Å². The Morgan fingerprint density at radius 2 is 2.10 bits per heavy atom. The van der Waals surface area contributed by atoms with E-state index in [1.165, 1.54) is 4.90 Å². The molecule has 0 radical (unpaired) electrons. The molecule has 1 aromatic carbocycles. The molecule has 0 spiro atoms. The van der Waals surface area contributed by atoms with E-state index in [0.717, 1.165) is 5.39 Å². The van der Waals surface area contributed by atoms with Crippen LogP contribution in [0.15, 0.2) is 41.3 Å². The van der Waals surface area contributed by atoms with Crippen molar-refractivity contribution < 1.29 is 4.79 Å². The number of hydrogen-bond donors (Lipinski definition) is 0. The van der Waals surface area contributed by atoms with E-state index in [4.69, 9.17) is 5.26 Å². The zero-order chi connectivity index (χ0) is 15.2. The molecule has 2 rings (SSSR count). The van der Waals surface area contributed by atoms with Gasteiger partial charge in [-0.2, -0.15) is 5.26 Å². The number of benzene rings is 1. The van der Waals surface area contributed by atoms with Gasteiger partial charge in [-0.15, -0.1) is 0 Å². The number of aromatic nitrogens is 1. The smallest absolute Gasteiger partial charge is 0.258 e. The zero-order valence-corrected chi connectivity index (χ0v) is 12.0. The van der Waals surface area contributed by atoms with Gasteiger partial charge in [0.2, 0.25) is 5.91 Å². The average Bonchev–Trinajstić information content (AvgIpc) is 2.52. The van der Waals surface area contributed by atoms with Crippen molar-refractivity contribution in [2.45, 2.75) is 19.4 Å². The van der Waals surface area contributed by atoms with Gasteiger partial charge in [-0.25, -0.2) is 0 Å². The Labute approximate surface area is 123 Å². The lowest BCUT2D eigenvalue weighted by Gasteiger charge is -2.15. The Bertz CT molecular complexity index is 743. The lowest BCUT2D eigenvalue weighted by atomic mass is 10.2. The molecule has 0 fully saturated rings. The number of carbonyl (C=O) groups is 1. The largest absolute Gasteiger partial charge is 0.345 e. The molecule has 0 saturated heterocycles. The molecule has 5 nitrogen and oxygen atoms in total. The highest BCUT2D eigenvalue weighted by atomic mass is 16.2. The highest BCUT2D eigenvalue weighted by Crippen LogP contribution is 2.08. The van der Waals surface area contributed by atoms with Gasteiger partial charge in [0.25, 0.3) is 5.56 Å². The van der Waals surface area contributed by atoms with E-state index in [2.05, 4.69) is 0 Å². The minimum Gasteiger partial charge on any atom is -0.345 e. The molecule has 21 heavy (non-hydrogen) atoms. The fourth-order valence-electron chi connectivity index (χ4n) is 2.16. The van der Waals surface area contributed by atoms with E-state index in [1.54, 1.807) is 23.9 Å². The van der Waals surface area contributed by atoms with Crippen LogP contribution in [0.1, 0.15) is 12.8 Å². The predicted molar refractivity (Wildman–Crippen MR) is 80.7 cm³/mol. The summed E-state index contributed by atoms with van der Waals surface area (Å²) in [5.41, 5.74) is -0.0828. The molecule has 0 aliphatic heterocycles. The van der Waals surface area contributed by atoms with Crippen LogP contribution in [0.3, 0.4) is 0 Å². The lowest BCUT2D eigenvalue weighted by Crippen LogP contribution is -2.30. The molecular weight excluding hydrogens is 266 g/mol. The van der Waals surface area contributed by atoms with Crippen molar-refractivity contribution in [1.82, 2.24) is 9.47 Å². The monoisotopic (exact) mass is 283 g/mol. The first-order valence-electron chi connectivity index (χ1n) is 6.82. The molecule has 108 valence electrons. The first kappa shape index (κ1) is 14.8. The molecule has 0 bridgehead atoms. The summed E-state index contributed by atoms with van der Waals surface area (Å²) in [5.74, 6) is -0.0645. The van der Waals surface area contributed by atoms with Crippen LogP contribution in [0.2, 0.25) is 0 Å². The second kappa shape index (κ2) is 6.71. The summed E-state index contributed by atoms with van der Waals surface area (Å²) in [6.45, 7) is 0.765. The van der Waals surface area contributed by atoms with Crippen molar-refractivity contribution in [2.24, 2.45) is 0 Å². The van der Waals surface area contributed by atoms with Gasteiger partial charge in [0, 0.05) is 38.1 Å². The molecule has 0 aliphatic rings. The molecule has 0 atom stereocenters. The summed E-state index contributed by atoms with van der Waals surface area (Å²) in [6.07, 6.45) is 2.28. The van der Waals surface area contributed by atoms with Crippen LogP contribution in [0.4, 0.5) is 0 Å². The third-order valence-corrected chi connectivity index (χ3v) is 3.44. The van der Waals surface area contributed by atoms with Gasteiger partial charge in [-0.3, -0.25) is 9.59 Å². The SMILES string of the molecule is CN(CCC#N)C(=O)CCn1ccc2ccccc2c1=O. The van der Waals surface area contributed by atoms with Crippen molar-refractivity contribution in [3.63, 3.8) is 0 Å². The highest BCUT2D eigenvalue weighted by Gasteiger charge is 2.09. The van der Waals surface area contributed by atoms with Crippen molar-refractivity contribution in [2.75, 3.05) is 13.6 Å². The summed E-state index contributed by atoms with van der Waals surface area (Å²) in [7, 11) is 1.67. The number of nitrogens with zero attached hydrogens (tertiary/aromatic N) is 3. The maximum Gasteiger partial charge on any atom is 0.258 e. The van der Waals surface area contributed by atoms with Gasteiger partial charge < -0.3 is 9.47 Å². The molecule has 2 aromatic rings. The van der Waals surface area contributed by atoms with Crippen LogP contribution in [0.5, 0.6) is 0 Å². The minimum atomic E-state index is -0.0828. The molecule has 1 aromatic heterocycles. The third kappa shape index (κ3) is 3.48. The molecule has 0 saturated carbocycles. The van der Waals surface area contributed by atoms with Gasteiger partial charge in [-0.05, 0) is 17.5 Å². The first-order chi connectivity index (χ1) is 10.1. The van der Waals surface area contributed by atoms with Crippen LogP contribution < -0.4 is 5.56 Å². The van der Waals surface area contributed by atoms with Crippen molar-refractivity contribution in [3.05, 3.63) is 46.9 Å². The first-order valence-corrected chi connectivity index (χ1v) is 6.82. The third-order valence-electron chi connectivity index (χ3n) is 3.44. The van der Waals surface area contributed by atoms with E-state index in [0.29, 0.717) is 24.9 Å². The van der Waals surface area contributed by atoms with E-state index >= 15 is 0 Å². The van der Waals surface area contributed by atoms with Crippen LogP contribution in [0, 0.1) is 11.3 Å². The van der Waals surface area contributed by atoms with E-state index in [-0.39, 0.29) is 17.9 Å². The maximum absolute atomic E-state index is 12.3. The molecular formula is C16H17N3O2. The summed E-state index contributed by atoms with van der Waals surface area (Å²) in [6, 6.07) is 11.3. The number of nitriles is 1. The second-order valence-corrected chi connectivity index (χ2v) is 4.87. The summed E-state index contributed by atoms with van der Waals surface area (Å²) in [5, 5.41) is 10.1. The number of fused-ring (bicyclic) bond motifs is 1. The van der Waals surface area contributed by atoms with Gasteiger partial charge in [0.15, 0.2) is 0 Å². The normalized spacial score (nSPS) is 10.3.